The minimum Gasteiger partial charge on any atom is -0.369 e. The minimum atomic E-state index is 0.0664. The van der Waals surface area contributed by atoms with Crippen molar-refractivity contribution < 1.29 is 4.79 Å². The van der Waals surface area contributed by atoms with Gasteiger partial charge in [-0.25, -0.2) is 0 Å². The third kappa shape index (κ3) is 3.25. The van der Waals surface area contributed by atoms with Crippen LogP contribution in [0.4, 0.5) is 5.69 Å². The number of hydrogen-bond donors (Lipinski definition) is 0. The zero-order valence-corrected chi connectivity index (χ0v) is 15.5. The average molecular weight is 347 g/mol. The summed E-state index contributed by atoms with van der Waals surface area (Å²) in [6.07, 6.45) is 2.01. The monoisotopic (exact) mass is 347 g/mol. The predicted molar refractivity (Wildman–Crippen MR) is 107 cm³/mol. The molecule has 0 unspecified atom stereocenters. The van der Waals surface area contributed by atoms with E-state index in [2.05, 4.69) is 47.1 Å². The molecule has 1 aliphatic rings. The van der Waals surface area contributed by atoms with E-state index in [-0.39, 0.29) is 5.91 Å². The number of fused-ring (bicyclic) bond motifs is 1. The summed E-state index contributed by atoms with van der Waals surface area (Å²) < 4.78 is 1.77. The molecule has 0 radical (unpaired) electrons. The Bertz CT molecular complexity index is 935. The van der Waals surface area contributed by atoms with Gasteiger partial charge in [0.2, 0.25) is 5.91 Å². The zero-order chi connectivity index (χ0) is 18.1. The Labute approximate surface area is 154 Å². The number of aromatic nitrogens is 1. The van der Waals surface area contributed by atoms with E-state index in [0.717, 1.165) is 38.2 Å². The fourth-order valence-electron chi connectivity index (χ4n) is 3.87. The predicted octanol–water partition coefficient (Wildman–Crippen LogP) is 3.93. The van der Waals surface area contributed by atoms with Gasteiger partial charge in [-0.15, -0.1) is 0 Å². The van der Waals surface area contributed by atoms with Crippen LogP contribution in [-0.4, -0.2) is 41.6 Å². The second kappa shape index (κ2) is 6.96. The van der Waals surface area contributed by atoms with Crippen LogP contribution in [0.15, 0.2) is 54.7 Å². The summed E-state index contributed by atoms with van der Waals surface area (Å²) in [4.78, 5) is 16.9. The Morgan fingerprint density at radius 1 is 1.00 bits per heavy atom. The molecule has 1 fully saturated rings. The summed E-state index contributed by atoms with van der Waals surface area (Å²) in [6, 6.07) is 16.9. The largest absolute Gasteiger partial charge is 0.369 e. The van der Waals surface area contributed by atoms with E-state index in [4.69, 9.17) is 0 Å². The van der Waals surface area contributed by atoms with Crippen molar-refractivity contribution in [1.29, 1.82) is 0 Å². The number of piperazine rings is 1. The Hall–Kier alpha value is -2.59. The maximum Gasteiger partial charge on any atom is 0.227 e. The Balaban J connectivity index is 1.48. The quantitative estimate of drug-likeness (QED) is 0.719. The van der Waals surface area contributed by atoms with Crippen LogP contribution < -0.4 is 4.90 Å². The van der Waals surface area contributed by atoms with Crippen molar-refractivity contribution >= 4 is 22.5 Å². The Morgan fingerprint density at radius 3 is 2.50 bits per heavy atom. The number of para-hydroxylation sites is 1. The van der Waals surface area contributed by atoms with Crippen LogP contribution in [0.25, 0.3) is 10.9 Å². The highest BCUT2D eigenvalue weighted by molar-refractivity contribution is 5.93. The average Bonchev–Trinajstić information content (AvgIpc) is 3.01. The van der Waals surface area contributed by atoms with Crippen LogP contribution in [0, 0.1) is 6.92 Å². The van der Waals surface area contributed by atoms with Gasteiger partial charge in [0.1, 0.15) is 0 Å². The number of hydrogen-bond acceptors (Lipinski definition) is 3. The first-order chi connectivity index (χ1) is 12.6. The van der Waals surface area contributed by atoms with Crippen molar-refractivity contribution in [3.05, 3.63) is 65.9 Å². The van der Waals surface area contributed by atoms with Crippen molar-refractivity contribution in [3.8, 4) is 0 Å². The molecule has 0 spiro atoms. The van der Waals surface area contributed by atoms with E-state index in [1.165, 1.54) is 22.2 Å². The van der Waals surface area contributed by atoms with Crippen LogP contribution in [-0.2, 0) is 6.54 Å². The van der Waals surface area contributed by atoms with Crippen molar-refractivity contribution in [2.45, 2.75) is 20.4 Å². The van der Waals surface area contributed by atoms with Gasteiger partial charge in [-0.2, -0.15) is 0 Å². The van der Waals surface area contributed by atoms with Crippen molar-refractivity contribution in [2.75, 3.05) is 31.1 Å². The topological polar surface area (TPSA) is 28.5 Å². The van der Waals surface area contributed by atoms with Crippen molar-refractivity contribution in [2.24, 2.45) is 0 Å². The second-order valence-corrected chi connectivity index (χ2v) is 7.16. The maximum absolute atomic E-state index is 11.9. The van der Waals surface area contributed by atoms with Gasteiger partial charge in [0.05, 0.1) is 5.52 Å². The smallest absolute Gasteiger partial charge is 0.227 e. The molecule has 2 aromatic carbocycles. The summed E-state index contributed by atoms with van der Waals surface area (Å²) >= 11 is 0. The molecule has 4 nitrogen and oxygen atoms in total. The molecular weight excluding hydrogens is 322 g/mol. The first-order valence-corrected chi connectivity index (χ1v) is 9.26. The standard InChI is InChI=1S/C22H25N3O/c1-17-6-5-7-20(14-17)24-12-10-23(11-13-24)15-19-16-25(18(2)26)22-9-4-3-8-21(19)22/h3-9,14,16H,10-13,15H2,1-2H3. The lowest BCUT2D eigenvalue weighted by molar-refractivity contribution is 0.0941. The summed E-state index contributed by atoms with van der Waals surface area (Å²) in [6.45, 7) is 8.80. The van der Waals surface area contributed by atoms with Gasteiger partial charge in [0.25, 0.3) is 0 Å². The number of carbonyl (C=O) groups is 1. The molecule has 0 amide bonds. The number of nitrogens with zero attached hydrogens (tertiary/aromatic N) is 3. The lowest BCUT2D eigenvalue weighted by atomic mass is 10.1. The third-order valence-electron chi connectivity index (χ3n) is 5.27. The molecule has 4 rings (SSSR count). The molecule has 0 atom stereocenters. The summed E-state index contributed by atoms with van der Waals surface area (Å²) in [5, 5.41) is 1.18. The minimum absolute atomic E-state index is 0.0664. The molecule has 0 N–H and O–H groups in total. The van der Waals surface area contributed by atoms with E-state index < -0.39 is 0 Å². The molecule has 134 valence electrons. The van der Waals surface area contributed by atoms with Gasteiger partial charge in [0, 0.05) is 56.9 Å². The first-order valence-electron chi connectivity index (χ1n) is 9.26. The number of benzene rings is 2. The van der Waals surface area contributed by atoms with Crippen LogP contribution in [0.5, 0.6) is 0 Å². The van der Waals surface area contributed by atoms with Gasteiger partial charge in [-0.3, -0.25) is 14.3 Å². The second-order valence-electron chi connectivity index (χ2n) is 7.16. The molecule has 2 heterocycles. The highest BCUT2D eigenvalue weighted by atomic mass is 16.1. The van der Waals surface area contributed by atoms with E-state index in [9.17, 15) is 4.79 Å². The number of aryl methyl sites for hydroxylation is 1. The van der Waals surface area contributed by atoms with Gasteiger partial charge >= 0.3 is 0 Å². The van der Waals surface area contributed by atoms with Crippen LogP contribution >= 0.6 is 0 Å². The van der Waals surface area contributed by atoms with Gasteiger partial charge < -0.3 is 4.90 Å². The van der Waals surface area contributed by atoms with Crippen molar-refractivity contribution in [3.63, 3.8) is 0 Å². The molecule has 4 heteroatoms. The van der Waals surface area contributed by atoms with E-state index in [1.807, 2.05) is 24.4 Å². The van der Waals surface area contributed by atoms with E-state index in [1.54, 1.807) is 11.5 Å². The Kier molecular flexibility index (Phi) is 4.51. The van der Waals surface area contributed by atoms with Gasteiger partial charge in [-0.1, -0.05) is 30.3 Å². The normalized spacial score (nSPS) is 15.5. The molecule has 0 bridgehead atoms. The molecule has 1 aromatic heterocycles. The highest BCUT2D eigenvalue weighted by Crippen LogP contribution is 2.24. The molecular formula is C22H25N3O. The third-order valence-corrected chi connectivity index (χ3v) is 5.27. The van der Waals surface area contributed by atoms with Crippen LogP contribution in [0.3, 0.4) is 0 Å². The van der Waals surface area contributed by atoms with Crippen LogP contribution in [0.1, 0.15) is 22.8 Å². The van der Waals surface area contributed by atoms with E-state index >= 15 is 0 Å². The lowest BCUT2D eigenvalue weighted by Crippen LogP contribution is -2.45. The lowest BCUT2D eigenvalue weighted by Gasteiger charge is -2.36. The molecule has 0 aliphatic carbocycles. The fraction of sp³-hybridized carbons (Fsp3) is 0.318. The molecule has 26 heavy (non-hydrogen) atoms. The molecule has 3 aromatic rings. The number of anilines is 1. The first kappa shape index (κ1) is 16.9. The zero-order valence-electron chi connectivity index (χ0n) is 15.5. The van der Waals surface area contributed by atoms with Crippen LogP contribution in [0.2, 0.25) is 0 Å². The highest BCUT2D eigenvalue weighted by Gasteiger charge is 2.19. The van der Waals surface area contributed by atoms with Gasteiger partial charge in [0.15, 0.2) is 0 Å². The number of rotatable bonds is 3. The van der Waals surface area contributed by atoms with Gasteiger partial charge in [-0.05, 0) is 36.2 Å². The fourth-order valence-corrected chi connectivity index (χ4v) is 3.87. The molecule has 1 aliphatic heterocycles. The summed E-state index contributed by atoms with van der Waals surface area (Å²) in [7, 11) is 0. The molecule has 1 saturated heterocycles. The number of carbonyl (C=O) groups excluding carboxylic acids is 1. The molecule has 0 saturated carbocycles. The maximum atomic E-state index is 11.9. The Morgan fingerprint density at radius 2 is 1.77 bits per heavy atom. The summed E-state index contributed by atoms with van der Waals surface area (Å²) in [5.41, 5.74) is 4.87. The van der Waals surface area contributed by atoms with Crippen molar-refractivity contribution in [1.82, 2.24) is 9.47 Å². The SMILES string of the molecule is CC(=O)n1cc(CN2CCN(c3cccc(C)c3)CC2)c2ccccc21. The summed E-state index contributed by atoms with van der Waals surface area (Å²) in [5.74, 6) is 0.0664. The van der Waals surface area contributed by atoms with E-state index in [0.29, 0.717) is 0 Å².